The van der Waals surface area contributed by atoms with Crippen LogP contribution in [0.2, 0.25) is 0 Å². The second-order valence-corrected chi connectivity index (χ2v) is 2.79. The standard InChI is InChI=1S/C9H8FNO/c1-5-9(10)7-4-6(12)2-3-8(7)11-5/h2-4,11-12H,1H3. The highest BCUT2D eigenvalue weighted by atomic mass is 19.1. The molecule has 0 saturated heterocycles. The minimum absolute atomic E-state index is 0.0837. The fraction of sp³-hybridized carbons (Fsp3) is 0.111. The van der Waals surface area contributed by atoms with Crippen LogP contribution in [0.15, 0.2) is 18.2 Å². The highest BCUT2D eigenvalue weighted by molar-refractivity contribution is 5.82. The maximum absolute atomic E-state index is 13.2. The number of aryl methyl sites for hydroxylation is 1. The third-order valence-electron chi connectivity index (χ3n) is 1.89. The molecule has 1 aromatic heterocycles. The molecule has 2 nitrogen and oxygen atoms in total. The second-order valence-electron chi connectivity index (χ2n) is 2.79. The smallest absolute Gasteiger partial charge is 0.151 e. The molecule has 0 fully saturated rings. The number of phenolic OH excluding ortho intramolecular Hbond substituents is 1. The fourth-order valence-corrected chi connectivity index (χ4v) is 1.28. The lowest BCUT2D eigenvalue weighted by Crippen LogP contribution is -1.72. The number of fused-ring (bicyclic) bond motifs is 1. The first-order valence-electron chi connectivity index (χ1n) is 3.65. The Morgan fingerprint density at radius 3 is 2.92 bits per heavy atom. The molecule has 0 aliphatic carbocycles. The van der Waals surface area contributed by atoms with Gasteiger partial charge in [-0.3, -0.25) is 0 Å². The quantitative estimate of drug-likeness (QED) is 0.617. The number of aromatic hydroxyl groups is 1. The Hall–Kier alpha value is -1.51. The number of phenols is 1. The van der Waals surface area contributed by atoms with Crippen LogP contribution in [0.3, 0.4) is 0 Å². The van der Waals surface area contributed by atoms with Gasteiger partial charge in [-0.25, -0.2) is 4.39 Å². The van der Waals surface area contributed by atoms with E-state index in [1.54, 1.807) is 13.0 Å². The molecule has 0 saturated carbocycles. The van der Waals surface area contributed by atoms with Gasteiger partial charge < -0.3 is 10.1 Å². The summed E-state index contributed by atoms with van der Waals surface area (Å²) < 4.78 is 13.2. The fourth-order valence-electron chi connectivity index (χ4n) is 1.28. The van der Waals surface area contributed by atoms with Crippen molar-refractivity contribution in [1.29, 1.82) is 0 Å². The first-order valence-corrected chi connectivity index (χ1v) is 3.65. The molecule has 3 heteroatoms. The molecule has 2 N–H and O–H groups in total. The number of benzene rings is 1. The van der Waals surface area contributed by atoms with Gasteiger partial charge in [0.2, 0.25) is 0 Å². The minimum Gasteiger partial charge on any atom is -0.508 e. The molecule has 0 bridgehead atoms. The summed E-state index contributed by atoms with van der Waals surface area (Å²) in [5, 5.41) is 9.52. The van der Waals surface area contributed by atoms with Crippen molar-refractivity contribution >= 4 is 10.9 Å². The van der Waals surface area contributed by atoms with Crippen molar-refractivity contribution in [2.24, 2.45) is 0 Å². The van der Waals surface area contributed by atoms with Gasteiger partial charge in [-0.15, -0.1) is 0 Å². The Morgan fingerprint density at radius 1 is 1.42 bits per heavy atom. The predicted octanol–water partition coefficient (Wildman–Crippen LogP) is 2.32. The van der Waals surface area contributed by atoms with E-state index in [9.17, 15) is 4.39 Å². The van der Waals surface area contributed by atoms with E-state index < -0.39 is 0 Å². The number of nitrogens with one attached hydrogen (secondary N) is 1. The van der Waals surface area contributed by atoms with Crippen molar-refractivity contribution in [3.05, 3.63) is 29.7 Å². The molecule has 2 rings (SSSR count). The van der Waals surface area contributed by atoms with Crippen LogP contribution in [0, 0.1) is 12.7 Å². The molecular formula is C9H8FNO. The SMILES string of the molecule is Cc1[nH]c2ccc(O)cc2c1F. The van der Waals surface area contributed by atoms with Crippen LogP contribution >= 0.6 is 0 Å². The van der Waals surface area contributed by atoms with Crippen molar-refractivity contribution in [3.8, 4) is 5.75 Å². The average molecular weight is 165 g/mol. The monoisotopic (exact) mass is 165 g/mol. The zero-order valence-electron chi connectivity index (χ0n) is 6.56. The number of halogens is 1. The molecule has 0 spiro atoms. The van der Waals surface area contributed by atoms with Crippen molar-refractivity contribution in [2.45, 2.75) is 6.92 Å². The molecule has 1 heterocycles. The Balaban J connectivity index is 2.88. The van der Waals surface area contributed by atoms with Crippen molar-refractivity contribution in [3.63, 3.8) is 0 Å². The summed E-state index contributed by atoms with van der Waals surface area (Å²) in [5.41, 5.74) is 1.21. The van der Waals surface area contributed by atoms with Gasteiger partial charge in [-0.05, 0) is 25.1 Å². The number of hydrogen-bond acceptors (Lipinski definition) is 1. The van der Waals surface area contributed by atoms with Crippen molar-refractivity contribution in [1.82, 2.24) is 4.98 Å². The first kappa shape index (κ1) is 7.16. The topological polar surface area (TPSA) is 36.0 Å². The van der Waals surface area contributed by atoms with Crippen LogP contribution in [-0.2, 0) is 0 Å². The maximum atomic E-state index is 13.2. The predicted molar refractivity (Wildman–Crippen MR) is 44.7 cm³/mol. The van der Waals surface area contributed by atoms with Gasteiger partial charge in [0.25, 0.3) is 0 Å². The molecule has 0 aliphatic heterocycles. The molecule has 1 aromatic carbocycles. The molecule has 62 valence electrons. The second kappa shape index (κ2) is 2.24. The van der Waals surface area contributed by atoms with E-state index >= 15 is 0 Å². The lowest BCUT2D eigenvalue weighted by molar-refractivity contribution is 0.476. The lowest BCUT2D eigenvalue weighted by atomic mass is 10.2. The summed E-state index contributed by atoms with van der Waals surface area (Å²) in [7, 11) is 0. The van der Waals surface area contributed by atoms with Gasteiger partial charge in [0.15, 0.2) is 5.82 Å². The summed E-state index contributed by atoms with van der Waals surface area (Å²) in [5.74, 6) is -0.207. The van der Waals surface area contributed by atoms with Crippen LogP contribution in [0.4, 0.5) is 4.39 Å². The Morgan fingerprint density at radius 2 is 2.17 bits per heavy atom. The number of H-pyrrole nitrogens is 1. The van der Waals surface area contributed by atoms with E-state index in [2.05, 4.69) is 4.98 Å². The van der Waals surface area contributed by atoms with Crippen LogP contribution in [0.5, 0.6) is 5.75 Å². The van der Waals surface area contributed by atoms with Gasteiger partial charge in [0, 0.05) is 16.6 Å². The third-order valence-corrected chi connectivity index (χ3v) is 1.89. The molecular weight excluding hydrogens is 157 g/mol. The van der Waals surface area contributed by atoms with Crippen molar-refractivity contribution < 1.29 is 9.50 Å². The zero-order chi connectivity index (χ0) is 8.72. The van der Waals surface area contributed by atoms with Gasteiger partial charge in [-0.1, -0.05) is 0 Å². The van der Waals surface area contributed by atoms with Crippen LogP contribution in [0.25, 0.3) is 10.9 Å². The number of hydrogen-bond donors (Lipinski definition) is 2. The third kappa shape index (κ3) is 0.863. The molecule has 0 aliphatic rings. The molecule has 0 amide bonds. The number of aromatic amines is 1. The molecule has 0 unspecified atom stereocenters. The summed E-state index contributed by atoms with van der Waals surface area (Å²) >= 11 is 0. The number of rotatable bonds is 0. The normalized spacial score (nSPS) is 10.8. The van der Waals surface area contributed by atoms with E-state index in [1.807, 2.05) is 0 Å². The van der Waals surface area contributed by atoms with Crippen LogP contribution < -0.4 is 0 Å². The van der Waals surface area contributed by atoms with Gasteiger partial charge in [0.05, 0.1) is 0 Å². The van der Waals surface area contributed by atoms with Crippen LogP contribution in [-0.4, -0.2) is 10.1 Å². The summed E-state index contributed by atoms with van der Waals surface area (Å²) in [6, 6.07) is 4.59. The average Bonchev–Trinajstić information content (AvgIpc) is 2.31. The Kier molecular flexibility index (Phi) is 1.33. The minimum atomic E-state index is -0.291. The molecule has 0 radical (unpaired) electrons. The van der Waals surface area contributed by atoms with E-state index in [0.29, 0.717) is 16.6 Å². The van der Waals surface area contributed by atoms with E-state index in [4.69, 9.17) is 5.11 Å². The summed E-state index contributed by atoms with van der Waals surface area (Å²) in [4.78, 5) is 2.87. The zero-order valence-corrected chi connectivity index (χ0v) is 6.56. The molecule has 0 atom stereocenters. The molecule has 2 aromatic rings. The Labute approximate surface area is 68.6 Å². The highest BCUT2D eigenvalue weighted by Gasteiger charge is 2.07. The Bertz CT molecular complexity index is 433. The van der Waals surface area contributed by atoms with Gasteiger partial charge >= 0.3 is 0 Å². The largest absolute Gasteiger partial charge is 0.508 e. The highest BCUT2D eigenvalue weighted by Crippen LogP contribution is 2.23. The lowest BCUT2D eigenvalue weighted by Gasteiger charge is -1.90. The van der Waals surface area contributed by atoms with E-state index in [0.717, 1.165) is 0 Å². The summed E-state index contributed by atoms with van der Waals surface area (Å²) in [6.45, 7) is 1.66. The summed E-state index contributed by atoms with van der Waals surface area (Å²) in [6.07, 6.45) is 0. The van der Waals surface area contributed by atoms with E-state index in [1.165, 1.54) is 12.1 Å². The number of aromatic nitrogens is 1. The maximum Gasteiger partial charge on any atom is 0.151 e. The van der Waals surface area contributed by atoms with Gasteiger partial charge in [0.1, 0.15) is 5.75 Å². The molecule has 12 heavy (non-hydrogen) atoms. The van der Waals surface area contributed by atoms with E-state index in [-0.39, 0.29) is 11.6 Å². The first-order chi connectivity index (χ1) is 5.68. The van der Waals surface area contributed by atoms with Gasteiger partial charge in [-0.2, -0.15) is 0 Å². The van der Waals surface area contributed by atoms with Crippen molar-refractivity contribution in [2.75, 3.05) is 0 Å². The van der Waals surface area contributed by atoms with Crippen LogP contribution in [0.1, 0.15) is 5.69 Å².